The van der Waals surface area contributed by atoms with Crippen LogP contribution in [0.15, 0.2) is 69.0 Å². The van der Waals surface area contributed by atoms with Crippen LogP contribution in [0.4, 0.5) is 14.5 Å². The van der Waals surface area contributed by atoms with Gasteiger partial charge in [0.05, 0.1) is 45.5 Å². The monoisotopic (exact) mass is 884 g/mol. The molecule has 10 rings (SSSR count). The molecule has 0 radical (unpaired) electrons. The molecule has 17 heteroatoms. The SMILES string of the molecule is CNc1ccc(-n2ccn(-c3c4c(nn3-c3cc(C)c(F)c(C)c3)CCN(C(=O)c3cc5cc([C@H]6CCOC(C)(C)C6)cc(-n6c([C@@H]7C[C@@H]7C)noc6=O)c5[nH]3)[C@H]4C)c2=O)c(F)c1C=N. The maximum absolute atomic E-state index is 16.0. The van der Waals surface area contributed by atoms with Crippen molar-refractivity contribution < 1.29 is 22.8 Å². The van der Waals surface area contributed by atoms with Crippen LogP contribution >= 0.6 is 0 Å². The van der Waals surface area contributed by atoms with Gasteiger partial charge in [0.2, 0.25) is 0 Å². The van der Waals surface area contributed by atoms with Gasteiger partial charge in [-0.1, -0.05) is 12.1 Å². The summed E-state index contributed by atoms with van der Waals surface area (Å²) in [7, 11) is 1.62. The van der Waals surface area contributed by atoms with Gasteiger partial charge in [-0.05, 0) is 125 Å². The Balaban J connectivity index is 1.09. The number of nitrogens with zero attached hydrogens (tertiary/aromatic N) is 7. The number of rotatable bonds is 9. The molecular weight excluding hydrogens is 835 g/mol. The van der Waals surface area contributed by atoms with Crippen LogP contribution in [0.5, 0.6) is 0 Å². The number of imidazole rings is 1. The van der Waals surface area contributed by atoms with E-state index in [1.165, 1.54) is 23.0 Å². The van der Waals surface area contributed by atoms with Crippen LogP contribution in [0.1, 0.15) is 115 Å². The zero-order valence-electron chi connectivity index (χ0n) is 37.3. The van der Waals surface area contributed by atoms with Crippen LogP contribution in [0.3, 0.4) is 0 Å². The van der Waals surface area contributed by atoms with Gasteiger partial charge in [-0.2, -0.15) is 5.10 Å². The van der Waals surface area contributed by atoms with Gasteiger partial charge >= 0.3 is 11.4 Å². The first kappa shape index (κ1) is 42.1. The molecule has 336 valence electrons. The van der Waals surface area contributed by atoms with E-state index >= 15 is 8.78 Å². The Morgan fingerprint density at radius 1 is 1.02 bits per heavy atom. The van der Waals surface area contributed by atoms with E-state index < -0.39 is 23.3 Å². The van der Waals surface area contributed by atoms with Crippen LogP contribution in [0.2, 0.25) is 0 Å². The number of aromatic amines is 1. The quantitative estimate of drug-likeness (QED) is 0.123. The summed E-state index contributed by atoms with van der Waals surface area (Å²) >= 11 is 0. The standard InChI is InChI=1S/C48H50F2N10O5/c1-24-18-32(24)43-55-65-47(63)59(43)38-21-29(28-11-15-64-48(5,6)22-28)19-30-20-36(53-42(30)38)45(61)56-12-10-35-39(27(56)4)44(60(54-35)31-16-25(2)40(49)26(3)17-31)58-14-13-57(46(58)62)37-9-8-34(52-7)33(23-51)41(37)50/h8-9,13-14,16-17,19-21,23-24,27-28,32,51-53H,10-12,15,18,22H2,1-7H3/t24-,27-,28-,32+/m0/s1. The Morgan fingerprint density at radius 3 is 2.45 bits per heavy atom. The third kappa shape index (κ3) is 6.85. The highest BCUT2D eigenvalue weighted by Gasteiger charge is 2.41. The summed E-state index contributed by atoms with van der Waals surface area (Å²) in [6, 6.07) is 11.7. The fourth-order valence-corrected chi connectivity index (χ4v) is 10.1. The van der Waals surface area contributed by atoms with E-state index in [9.17, 15) is 14.4 Å². The van der Waals surface area contributed by atoms with Gasteiger partial charge in [0.15, 0.2) is 11.6 Å². The highest BCUT2D eigenvalue weighted by Crippen LogP contribution is 2.47. The summed E-state index contributed by atoms with van der Waals surface area (Å²) in [5.41, 5.74) is 4.36. The molecule has 4 atom stereocenters. The number of ether oxygens (including phenoxy) is 1. The summed E-state index contributed by atoms with van der Waals surface area (Å²) in [5.74, 6) is -0.599. The Kier molecular flexibility index (Phi) is 9.97. The molecule has 0 unspecified atom stereocenters. The second kappa shape index (κ2) is 15.4. The number of anilines is 1. The van der Waals surface area contributed by atoms with E-state index in [1.54, 1.807) is 53.2 Å². The Bertz CT molecular complexity index is 3200. The van der Waals surface area contributed by atoms with E-state index in [1.807, 2.05) is 19.1 Å². The predicted molar refractivity (Wildman–Crippen MR) is 241 cm³/mol. The maximum atomic E-state index is 16.0. The molecule has 1 aliphatic carbocycles. The summed E-state index contributed by atoms with van der Waals surface area (Å²) in [4.78, 5) is 48.1. The lowest BCUT2D eigenvalue weighted by atomic mass is 9.83. The van der Waals surface area contributed by atoms with Crippen molar-refractivity contribution in [1.29, 1.82) is 5.41 Å². The van der Waals surface area contributed by atoms with Crippen LogP contribution in [0.25, 0.3) is 33.8 Å². The minimum Gasteiger partial charge on any atom is -0.388 e. The lowest BCUT2D eigenvalue weighted by Crippen LogP contribution is -2.39. The van der Waals surface area contributed by atoms with Crippen LogP contribution in [-0.2, 0) is 11.2 Å². The van der Waals surface area contributed by atoms with E-state index in [0.29, 0.717) is 81.2 Å². The fourth-order valence-electron chi connectivity index (χ4n) is 10.1. The first-order valence-corrected chi connectivity index (χ1v) is 22.0. The Hall–Kier alpha value is -6.88. The number of H-pyrrole nitrogens is 1. The number of fused-ring (bicyclic) bond motifs is 2. The maximum Gasteiger partial charge on any atom is 0.446 e. The summed E-state index contributed by atoms with van der Waals surface area (Å²) < 4.78 is 48.0. The van der Waals surface area contributed by atoms with Crippen LogP contribution in [0, 0.1) is 36.8 Å². The molecule has 2 fully saturated rings. The molecule has 15 nitrogen and oxygen atoms in total. The zero-order valence-corrected chi connectivity index (χ0v) is 37.3. The number of halogens is 2. The highest BCUT2D eigenvalue weighted by molar-refractivity contribution is 6.00. The van der Waals surface area contributed by atoms with Gasteiger partial charge in [0, 0.05) is 67.8 Å². The highest BCUT2D eigenvalue weighted by atomic mass is 19.1. The van der Waals surface area contributed by atoms with Crippen molar-refractivity contribution in [2.24, 2.45) is 5.92 Å². The van der Waals surface area contributed by atoms with Crippen molar-refractivity contribution in [3.05, 3.63) is 133 Å². The van der Waals surface area contributed by atoms with E-state index in [4.69, 9.17) is 19.8 Å². The molecule has 1 saturated heterocycles. The summed E-state index contributed by atoms with van der Waals surface area (Å²) in [6.45, 7) is 12.3. The van der Waals surface area contributed by atoms with E-state index in [2.05, 4.69) is 42.3 Å². The number of aromatic nitrogens is 7. The molecule has 3 aliphatic rings. The largest absolute Gasteiger partial charge is 0.446 e. The molecule has 3 aromatic carbocycles. The number of benzene rings is 3. The van der Waals surface area contributed by atoms with Crippen molar-refractivity contribution in [3.63, 3.8) is 0 Å². The average Bonchev–Trinajstić information content (AvgIpc) is 3.68. The third-order valence-corrected chi connectivity index (χ3v) is 13.7. The number of hydrogen-bond acceptors (Lipinski definition) is 9. The van der Waals surface area contributed by atoms with Gasteiger partial charge in [0.1, 0.15) is 17.3 Å². The second-order valence-corrected chi connectivity index (χ2v) is 18.4. The van der Waals surface area contributed by atoms with Gasteiger partial charge in [0.25, 0.3) is 5.91 Å². The minimum atomic E-state index is -0.755. The van der Waals surface area contributed by atoms with Gasteiger partial charge in [-0.25, -0.2) is 27.6 Å². The molecule has 3 N–H and O–H groups in total. The molecule has 65 heavy (non-hydrogen) atoms. The number of nitrogens with one attached hydrogen (secondary N) is 3. The number of hydrogen-bond donors (Lipinski definition) is 3. The minimum absolute atomic E-state index is 0.00795. The van der Waals surface area contributed by atoms with Crippen molar-refractivity contribution in [2.75, 3.05) is 25.5 Å². The van der Waals surface area contributed by atoms with Crippen molar-refractivity contribution in [3.8, 4) is 22.9 Å². The fraction of sp³-hybridized carbons (Fsp3) is 0.375. The van der Waals surface area contributed by atoms with E-state index in [0.717, 1.165) is 41.0 Å². The lowest BCUT2D eigenvalue weighted by molar-refractivity contribution is -0.0592. The summed E-state index contributed by atoms with van der Waals surface area (Å²) in [6.07, 6.45) is 6.64. The van der Waals surface area contributed by atoms with Crippen LogP contribution in [-0.4, -0.2) is 76.4 Å². The topological polar surface area (TPSA) is 174 Å². The molecule has 7 aromatic rings. The molecule has 0 bridgehead atoms. The number of amides is 1. The normalized spacial score (nSPS) is 20.3. The first-order valence-electron chi connectivity index (χ1n) is 22.0. The molecule has 1 saturated carbocycles. The van der Waals surface area contributed by atoms with Crippen molar-refractivity contribution in [1.82, 2.24) is 38.5 Å². The molecule has 2 aliphatic heterocycles. The first-order chi connectivity index (χ1) is 31.1. The number of carbonyl (C=O) groups excluding carboxylic acids is 1. The zero-order chi connectivity index (χ0) is 45.8. The molecule has 4 aromatic heterocycles. The molecule has 0 spiro atoms. The number of aryl methyl sites for hydroxylation is 2. The smallest absolute Gasteiger partial charge is 0.388 e. The third-order valence-electron chi connectivity index (χ3n) is 13.7. The van der Waals surface area contributed by atoms with Crippen LogP contribution < -0.4 is 16.8 Å². The van der Waals surface area contributed by atoms with E-state index in [-0.39, 0.29) is 47.0 Å². The van der Waals surface area contributed by atoms with Crippen molar-refractivity contribution >= 4 is 28.7 Å². The Morgan fingerprint density at radius 2 is 1.75 bits per heavy atom. The summed E-state index contributed by atoms with van der Waals surface area (Å²) in [5, 5.41) is 20.7. The van der Waals surface area contributed by atoms with Crippen molar-refractivity contribution in [2.45, 2.75) is 90.7 Å². The molecule has 6 heterocycles. The second-order valence-electron chi connectivity index (χ2n) is 18.4. The lowest BCUT2D eigenvalue weighted by Gasteiger charge is -2.36. The number of carbonyl (C=O) groups is 1. The average molecular weight is 885 g/mol. The van der Waals surface area contributed by atoms with Gasteiger partial charge in [-0.15, -0.1) is 0 Å². The van der Waals surface area contributed by atoms with Gasteiger partial charge in [-0.3, -0.25) is 18.5 Å². The predicted octanol–water partition coefficient (Wildman–Crippen LogP) is 7.92. The molecule has 1 amide bonds. The Labute approximate surface area is 372 Å². The van der Waals surface area contributed by atoms with Gasteiger partial charge < -0.3 is 25.3 Å². The molecular formula is C48H50F2N10O5.